The molecule has 7 atom stereocenters. The average molecular weight is 529 g/mol. The summed E-state index contributed by atoms with van der Waals surface area (Å²) < 4.78 is 0. The van der Waals surface area contributed by atoms with Gasteiger partial charge in [-0.1, -0.05) is 46.7 Å². The standard InChI is InChI=1S/C25H18Cl2N2O3S2/c26-11-3-1-10(2-4-11)16-17-14-9-15(20(17)33-22-21(16)34-25(32)28-22)19-18(14)23(30)29(24(19)31)13-7-5-12(27)6-8-13/h1-8,14-20H,9H2,(H,28,32)/t14-,15-,16-,17-,18+,19+,20-/m1/s1. The Morgan fingerprint density at radius 1 is 0.853 bits per heavy atom. The van der Waals surface area contributed by atoms with Gasteiger partial charge in [0.05, 0.1) is 22.5 Å². The summed E-state index contributed by atoms with van der Waals surface area (Å²) in [4.78, 5) is 44.9. The lowest BCUT2D eigenvalue weighted by atomic mass is 9.68. The predicted molar refractivity (Wildman–Crippen MR) is 134 cm³/mol. The summed E-state index contributed by atoms with van der Waals surface area (Å²) in [7, 11) is 0. The lowest BCUT2D eigenvalue weighted by molar-refractivity contribution is -0.123. The van der Waals surface area contributed by atoms with E-state index in [9.17, 15) is 14.4 Å². The molecule has 2 bridgehead atoms. The topological polar surface area (TPSA) is 70.2 Å². The molecule has 2 amide bonds. The maximum absolute atomic E-state index is 13.7. The van der Waals surface area contributed by atoms with E-state index < -0.39 is 0 Å². The maximum Gasteiger partial charge on any atom is 0.305 e. The van der Waals surface area contributed by atoms with Gasteiger partial charge in [-0.25, -0.2) is 0 Å². The maximum atomic E-state index is 13.7. The molecule has 7 rings (SSSR count). The summed E-state index contributed by atoms with van der Waals surface area (Å²) in [6.07, 6.45) is 0.868. The van der Waals surface area contributed by atoms with Crippen LogP contribution in [0.3, 0.4) is 0 Å². The van der Waals surface area contributed by atoms with E-state index in [1.807, 2.05) is 24.3 Å². The average Bonchev–Trinajstić information content (AvgIpc) is 3.54. The van der Waals surface area contributed by atoms with Gasteiger partial charge in [0.25, 0.3) is 0 Å². The normalized spacial score (nSPS) is 33.2. The number of aromatic amines is 1. The molecular formula is C25H18Cl2N2O3S2. The van der Waals surface area contributed by atoms with Crippen molar-refractivity contribution in [3.63, 3.8) is 0 Å². The fourth-order valence-corrected chi connectivity index (χ4v) is 10.0. The van der Waals surface area contributed by atoms with Crippen molar-refractivity contribution in [1.29, 1.82) is 0 Å². The van der Waals surface area contributed by atoms with Gasteiger partial charge >= 0.3 is 4.87 Å². The lowest BCUT2D eigenvalue weighted by Gasteiger charge is -2.43. The number of H-pyrrole nitrogens is 1. The van der Waals surface area contributed by atoms with Crippen molar-refractivity contribution in [2.24, 2.45) is 29.6 Å². The number of anilines is 1. The van der Waals surface area contributed by atoms with Gasteiger partial charge in [-0.05, 0) is 66.1 Å². The van der Waals surface area contributed by atoms with Crippen molar-refractivity contribution in [3.8, 4) is 0 Å². The molecule has 2 aliphatic carbocycles. The zero-order chi connectivity index (χ0) is 23.3. The van der Waals surface area contributed by atoms with E-state index >= 15 is 0 Å². The Hall–Kier alpha value is -2.06. The molecule has 3 aromatic rings. The van der Waals surface area contributed by atoms with Crippen LogP contribution in [-0.2, 0) is 9.59 Å². The number of nitrogens with zero attached hydrogens (tertiary/aromatic N) is 1. The van der Waals surface area contributed by atoms with Crippen molar-refractivity contribution in [3.05, 3.63) is 78.7 Å². The molecule has 9 heteroatoms. The largest absolute Gasteiger partial charge is 0.307 e. The minimum atomic E-state index is -0.318. The Morgan fingerprint density at radius 3 is 2.15 bits per heavy atom. The number of rotatable bonds is 2. The molecular weight excluding hydrogens is 511 g/mol. The van der Waals surface area contributed by atoms with Crippen molar-refractivity contribution < 1.29 is 9.59 Å². The number of thiazole rings is 1. The number of fused-ring (bicyclic) bond motifs is 9. The number of hydrogen-bond donors (Lipinski definition) is 1. The van der Waals surface area contributed by atoms with Crippen molar-refractivity contribution in [2.75, 3.05) is 4.90 Å². The zero-order valence-electron chi connectivity index (χ0n) is 17.6. The number of amides is 2. The summed E-state index contributed by atoms with van der Waals surface area (Å²) in [5.74, 6) is -0.448. The number of aromatic nitrogens is 1. The summed E-state index contributed by atoms with van der Waals surface area (Å²) in [6.45, 7) is 0. The minimum Gasteiger partial charge on any atom is -0.307 e. The van der Waals surface area contributed by atoms with Crippen LogP contribution >= 0.6 is 46.3 Å². The van der Waals surface area contributed by atoms with E-state index in [-0.39, 0.29) is 57.4 Å². The van der Waals surface area contributed by atoms with Gasteiger partial charge in [0.15, 0.2) is 0 Å². The molecule has 4 aliphatic rings. The molecule has 1 N–H and O–H groups in total. The van der Waals surface area contributed by atoms with Crippen LogP contribution in [-0.4, -0.2) is 22.0 Å². The molecule has 1 aromatic heterocycles. The number of benzene rings is 2. The third-order valence-corrected chi connectivity index (χ3v) is 11.1. The summed E-state index contributed by atoms with van der Waals surface area (Å²) >= 11 is 15.2. The quantitative estimate of drug-likeness (QED) is 0.450. The van der Waals surface area contributed by atoms with E-state index in [0.717, 1.165) is 21.9 Å². The molecule has 2 saturated carbocycles. The highest BCUT2D eigenvalue weighted by atomic mass is 35.5. The van der Waals surface area contributed by atoms with Crippen molar-refractivity contribution in [2.45, 2.75) is 22.6 Å². The number of carbonyl (C=O) groups is 2. The van der Waals surface area contributed by atoms with E-state index in [1.54, 1.807) is 36.0 Å². The van der Waals surface area contributed by atoms with Crippen LogP contribution in [0.5, 0.6) is 0 Å². The monoisotopic (exact) mass is 528 g/mol. The Bertz CT molecular complexity index is 1400. The fourth-order valence-electron chi connectivity index (χ4n) is 6.90. The molecule has 2 aliphatic heterocycles. The predicted octanol–water partition coefficient (Wildman–Crippen LogP) is 5.42. The van der Waals surface area contributed by atoms with Gasteiger partial charge < -0.3 is 4.98 Å². The summed E-state index contributed by atoms with van der Waals surface area (Å²) in [5.41, 5.74) is 1.69. The minimum absolute atomic E-state index is 0.00546. The second-order valence-electron chi connectivity index (χ2n) is 9.50. The number of hydrogen-bond acceptors (Lipinski definition) is 5. The Kier molecular flexibility index (Phi) is 4.67. The molecule has 0 radical (unpaired) electrons. The van der Waals surface area contributed by atoms with E-state index in [4.69, 9.17) is 23.2 Å². The van der Waals surface area contributed by atoms with Gasteiger partial charge in [-0.2, -0.15) is 0 Å². The zero-order valence-corrected chi connectivity index (χ0v) is 20.8. The van der Waals surface area contributed by atoms with Crippen LogP contribution in [0.25, 0.3) is 0 Å². The van der Waals surface area contributed by atoms with E-state index in [0.29, 0.717) is 15.7 Å². The van der Waals surface area contributed by atoms with Gasteiger partial charge in [-0.3, -0.25) is 19.3 Å². The molecule has 5 nitrogen and oxygen atoms in total. The molecule has 0 unspecified atom stereocenters. The second kappa shape index (κ2) is 7.47. The van der Waals surface area contributed by atoms with Gasteiger partial charge in [-0.15, -0.1) is 11.8 Å². The molecule has 2 aromatic carbocycles. The van der Waals surface area contributed by atoms with Crippen LogP contribution in [0.4, 0.5) is 5.69 Å². The highest BCUT2D eigenvalue weighted by Crippen LogP contribution is 2.68. The van der Waals surface area contributed by atoms with Crippen LogP contribution < -0.4 is 9.77 Å². The van der Waals surface area contributed by atoms with Crippen molar-refractivity contribution >= 4 is 63.8 Å². The first-order valence-electron chi connectivity index (χ1n) is 11.2. The number of halogens is 2. The van der Waals surface area contributed by atoms with E-state index in [1.165, 1.54) is 16.2 Å². The Labute approximate surface area is 213 Å². The third kappa shape index (κ3) is 2.84. The van der Waals surface area contributed by atoms with Gasteiger partial charge in [0, 0.05) is 26.1 Å². The number of nitrogens with one attached hydrogen (secondary N) is 1. The SMILES string of the molecule is O=C1[C@H]2[C@H]3C[C@@H]([C@@H]2C(=O)N1c1ccc(Cl)cc1)[C@@H]1[C@@H](c2ccc(Cl)cc2)c2sc(=O)[nH]c2S[C@H]31. The summed E-state index contributed by atoms with van der Waals surface area (Å²) in [6, 6.07) is 14.7. The van der Waals surface area contributed by atoms with Crippen LogP contribution in [0.2, 0.25) is 10.0 Å². The molecule has 3 heterocycles. The first kappa shape index (κ1) is 21.2. The van der Waals surface area contributed by atoms with Crippen LogP contribution in [0.15, 0.2) is 58.4 Å². The number of imide groups is 1. The summed E-state index contributed by atoms with van der Waals surface area (Å²) in [5, 5.41) is 2.31. The number of thioether (sulfide) groups is 1. The smallest absolute Gasteiger partial charge is 0.305 e. The molecule has 1 saturated heterocycles. The molecule has 3 fully saturated rings. The molecule has 34 heavy (non-hydrogen) atoms. The van der Waals surface area contributed by atoms with Crippen molar-refractivity contribution in [1.82, 2.24) is 4.98 Å². The first-order chi connectivity index (χ1) is 16.4. The second-order valence-corrected chi connectivity index (χ2v) is 12.6. The van der Waals surface area contributed by atoms with Gasteiger partial charge in [0.2, 0.25) is 11.8 Å². The molecule has 0 spiro atoms. The van der Waals surface area contributed by atoms with Crippen LogP contribution in [0, 0.1) is 29.6 Å². The first-order valence-corrected chi connectivity index (χ1v) is 13.7. The fraction of sp³-hybridized carbons (Fsp3) is 0.320. The number of carbonyl (C=O) groups excluding carboxylic acids is 2. The Morgan fingerprint density at radius 2 is 1.47 bits per heavy atom. The highest BCUT2D eigenvalue weighted by Gasteiger charge is 2.69. The third-order valence-electron chi connectivity index (χ3n) is 8.04. The van der Waals surface area contributed by atoms with Crippen LogP contribution in [0.1, 0.15) is 22.8 Å². The van der Waals surface area contributed by atoms with E-state index in [2.05, 4.69) is 4.98 Å². The van der Waals surface area contributed by atoms with Gasteiger partial charge in [0.1, 0.15) is 0 Å². The highest BCUT2D eigenvalue weighted by molar-refractivity contribution is 8.00. The lowest BCUT2D eigenvalue weighted by Crippen LogP contribution is -2.42. The molecule has 172 valence electrons. The Balaban J connectivity index is 1.32.